The molecule has 22 heavy (non-hydrogen) atoms. The smallest absolute Gasteiger partial charge is 0.283 e. The van der Waals surface area contributed by atoms with E-state index in [1.165, 1.54) is 29.7 Å². The number of likely N-dealkylation sites (N-methyl/N-ethyl adjacent to an activating group) is 1. The predicted molar refractivity (Wildman–Crippen MR) is 91.0 cm³/mol. The molecule has 1 amide bonds. The Morgan fingerprint density at radius 1 is 1.14 bits per heavy atom. The molecule has 122 valence electrons. The van der Waals surface area contributed by atoms with Crippen LogP contribution in [0.15, 0.2) is 24.3 Å². The first-order valence-electron chi connectivity index (χ1n) is 8.87. The van der Waals surface area contributed by atoms with Gasteiger partial charge in [-0.1, -0.05) is 49.1 Å². The summed E-state index contributed by atoms with van der Waals surface area (Å²) in [5.41, 5.74) is 2.38. The molecule has 2 rings (SSSR count). The highest BCUT2D eigenvalue weighted by Gasteiger charge is 2.31. The van der Waals surface area contributed by atoms with E-state index in [2.05, 4.69) is 50.4 Å². The molecule has 0 aromatic heterocycles. The number of amides is 1. The lowest BCUT2D eigenvalue weighted by Gasteiger charge is -2.29. The molecule has 0 aliphatic heterocycles. The predicted octanol–water partition coefficient (Wildman–Crippen LogP) is 2.41. The number of hydrogen-bond acceptors (Lipinski definition) is 1. The quantitative estimate of drug-likeness (QED) is 0.831. The maximum atomic E-state index is 12.9. The first-order chi connectivity index (χ1) is 10.7. The largest absolute Gasteiger partial charge is 0.348 e. The standard InChI is InChI=1S/C19H30N2O/c1-4-21(5-2)18(16-13-11-15(3)12-14-16)19(22)20-17-9-7-6-8-10-17/h11-14,17-18H,4-10H2,1-3H3,(H,20,22)/p+1. The number of carbonyl (C=O) groups excluding carboxylic acids is 1. The summed E-state index contributed by atoms with van der Waals surface area (Å²) >= 11 is 0. The highest BCUT2D eigenvalue weighted by molar-refractivity contribution is 5.82. The van der Waals surface area contributed by atoms with E-state index < -0.39 is 0 Å². The number of aryl methyl sites for hydroxylation is 1. The van der Waals surface area contributed by atoms with Gasteiger partial charge in [0.25, 0.3) is 5.91 Å². The number of benzene rings is 1. The molecule has 1 atom stereocenters. The SMILES string of the molecule is CC[NH+](CC)C(C(=O)NC1CCCCC1)c1ccc(C)cc1. The fourth-order valence-electron chi connectivity index (χ4n) is 3.52. The van der Waals surface area contributed by atoms with E-state index in [-0.39, 0.29) is 11.9 Å². The van der Waals surface area contributed by atoms with Gasteiger partial charge in [-0.25, -0.2) is 0 Å². The number of carbonyl (C=O) groups is 1. The van der Waals surface area contributed by atoms with Crippen LogP contribution in [-0.4, -0.2) is 25.0 Å². The Morgan fingerprint density at radius 3 is 2.27 bits per heavy atom. The second kappa shape index (κ2) is 8.33. The number of rotatable bonds is 6. The van der Waals surface area contributed by atoms with Gasteiger partial charge in [-0.3, -0.25) is 4.79 Å². The number of quaternary nitrogens is 1. The second-order valence-corrected chi connectivity index (χ2v) is 6.55. The third-order valence-corrected chi connectivity index (χ3v) is 4.94. The summed E-state index contributed by atoms with van der Waals surface area (Å²) in [6.45, 7) is 8.34. The normalized spacial score (nSPS) is 17.5. The minimum atomic E-state index is -0.0856. The minimum absolute atomic E-state index is 0.0856. The summed E-state index contributed by atoms with van der Waals surface area (Å²) in [7, 11) is 0. The van der Waals surface area contributed by atoms with Gasteiger partial charge in [-0.2, -0.15) is 0 Å². The van der Waals surface area contributed by atoms with E-state index in [4.69, 9.17) is 0 Å². The van der Waals surface area contributed by atoms with E-state index in [9.17, 15) is 4.79 Å². The molecule has 3 heteroatoms. The zero-order valence-electron chi connectivity index (χ0n) is 14.3. The van der Waals surface area contributed by atoms with Gasteiger partial charge in [0.15, 0.2) is 6.04 Å². The van der Waals surface area contributed by atoms with Crippen LogP contribution >= 0.6 is 0 Å². The van der Waals surface area contributed by atoms with Crippen molar-refractivity contribution in [3.05, 3.63) is 35.4 Å². The van der Waals surface area contributed by atoms with Crippen LogP contribution in [0.1, 0.15) is 63.1 Å². The Balaban J connectivity index is 2.15. The Bertz CT molecular complexity index is 459. The third-order valence-electron chi connectivity index (χ3n) is 4.94. The Morgan fingerprint density at radius 2 is 1.73 bits per heavy atom. The molecule has 1 fully saturated rings. The Labute approximate surface area is 135 Å². The van der Waals surface area contributed by atoms with Gasteiger partial charge in [0.1, 0.15) is 0 Å². The van der Waals surface area contributed by atoms with Crippen LogP contribution in [0.25, 0.3) is 0 Å². The average molecular weight is 303 g/mol. The molecular formula is C19H31N2O+. The van der Waals surface area contributed by atoms with Gasteiger partial charge >= 0.3 is 0 Å². The fraction of sp³-hybridized carbons (Fsp3) is 0.632. The van der Waals surface area contributed by atoms with Crippen molar-refractivity contribution in [1.29, 1.82) is 0 Å². The first kappa shape index (κ1) is 17.0. The van der Waals surface area contributed by atoms with Crippen LogP contribution in [0.5, 0.6) is 0 Å². The van der Waals surface area contributed by atoms with Crippen molar-refractivity contribution in [1.82, 2.24) is 5.32 Å². The van der Waals surface area contributed by atoms with E-state index in [0.29, 0.717) is 6.04 Å². The highest BCUT2D eigenvalue weighted by Crippen LogP contribution is 2.19. The molecule has 0 saturated heterocycles. The minimum Gasteiger partial charge on any atom is -0.348 e. The molecule has 3 nitrogen and oxygen atoms in total. The molecule has 0 bridgehead atoms. The molecule has 0 heterocycles. The maximum absolute atomic E-state index is 12.9. The zero-order valence-corrected chi connectivity index (χ0v) is 14.3. The number of hydrogen-bond donors (Lipinski definition) is 2. The molecule has 2 N–H and O–H groups in total. The van der Waals surface area contributed by atoms with Crippen molar-refractivity contribution in [2.45, 2.75) is 65.0 Å². The molecular weight excluding hydrogens is 272 g/mol. The van der Waals surface area contributed by atoms with Crippen molar-refractivity contribution in [2.24, 2.45) is 0 Å². The van der Waals surface area contributed by atoms with Crippen LogP contribution in [-0.2, 0) is 4.79 Å². The van der Waals surface area contributed by atoms with Crippen molar-refractivity contribution in [3.63, 3.8) is 0 Å². The van der Waals surface area contributed by atoms with Crippen molar-refractivity contribution >= 4 is 5.91 Å². The van der Waals surface area contributed by atoms with Crippen molar-refractivity contribution in [2.75, 3.05) is 13.1 Å². The fourth-order valence-corrected chi connectivity index (χ4v) is 3.52. The van der Waals surface area contributed by atoms with Gasteiger partial charge in [0.2, 0.25) is 0 Å². The zero-order chi connectivity index (χ0) is 15.9. The van der Waals surface area contributed by atoms with Gasteiger partial charge in [-0.15, -0.1) is 0 Å². The van der Waals surface area contributed by atoms with E-state index in [0.717, 1.165) is 31.5 Å². The second-order valence-electron chi connectivity index (χ2n) is 6.55. The third kappa shape index (κ3) is 4.33. The van der Waals surface area contributed by atoms with Crippen molar-refractivity contribution < 1.29 is 9.69 Å². The Hall–Kier alpha value is -1.35. The molecule has 1 unspecified atom stereocenters. The maximum Gasteiger partial charge on any atom is 0.283 e. The molecule has 0 spiro atoms. The van der Waals surface area contributed by atoms with Crippen molar-refractivity contribution in [3.8, 4) is 0 Å². The molecule has 1 aromatic carbocycles. The van der Waals surface area contributed by atoms with E-state index >= 15 is 0 Å². The molecule has 1 saturated carbocycles. The lowest BCUT2D eigenvalue weighted by molar-refractivity contribution is -0.918. The van der Waals surface area contributed by atoms with E-state index in [1.807, 2.05) is 0 Å². The van der Waals surface area contributed by atoms with Gasteiger partial charge in [0.05, 0.1) is 13.1 Å². The topological polar surface area (TPSA) is 33.5 Å². The Kier molecular flexibility index (Phi) is 6.44. The average Bonchev–Trinajstić information content (AvgIpc) is 2.54. The van der Waals surface area contributed by atoms with Gasteiger partial charge in [-0.05, 0) is 33.6 Å². The highest BCUT2D eigenvalue weighted by atomic mass is 16.2. The van der Waals surface area contributed by atoms with Gasteiger partial charge in [0, 0.05) is 11.6 Å². The molecule has 1 aliphatic rings. The van der Waals surface area contributed by atoms with E-state index in [1.54, 1.807) is 0 Å². The summed E-state index contributed by atoms with van der Waals surface area (Å²) in [5, 5.41) is 3.32. The molecule has 1 aromatic rings. The van der Waals surface area contributed by atoms with Crippen LogP contribution in [0.2, 0.25) is 0 Å². The van der Waals surface area contributed by atoms with Crippen LogP contribution in [0.4, 0.5) is 0 Å². The first-order valence-corrected chi connectivity index (χ1v) is 8.87. The van der Waals surface area contributed by atoms with Crippen LogP contribution in [0.3, 0.4) is 0 Å². The van der Waals surface area contributed by atoms with Crippen LogP contribution < -0.4 is 10.2 Å². The summed E-state index contributed by atoms with van der Waals surface area (Å²) in [5.74, 6) is 0.203. The summed E-state index contributed by atoms with van der Waals surface area (Å²) in [4.78, 5) is 14.3. The summed E-state index contributed by atoms with van der Waals surface area (Å²) in [6.07, 6.45) is 6.09. The van der Waals surface area contributed by atoms with Crippen LogP contribution in [0, 0.1) is 6.92 Å². The molecule has 1 aliphatic carbocycles. The summed E-state index contributed by atoms with van der Waals surface area (Å²) < 4.78 is 0. The lowest BCUT2D eigenvalue weighted by Crippen LogP contribution is -3.12. The van der Waals surface area contributed by atoms with Gasteiger partial charge < -0.3 is 10.2 Å². The summed E-state index contributed by atoms with van der Waals surface area (Å²) in [6, 6.07) is 8.75. The monoisotopic (exact) mass is 303 g/mol. The lowest BCUT2D eigenvalue weighted by atomic mass is 9.94. The molecule has 0 radical (unpaired) electrons. The number of nitrogens with one attached hydrogen (secondary N) is 2.